The number of guanidine groups is 1. The second kappa shape index (κ2) is 9.22. The highest BCUT2D eigenvalue weighted by molar-refractivity contribution is 5.79. The van der Waals surface area contributed by atoms with Crippen molar-refractivity contribution in [1.29, 1.82) is 0 Å². The van der Waals surface area contributed by atoms with E-state index in [1.54, 1.807) is 0 Å². The van der Waals surface area contributed by atoms with Crippen molar-refractivity contribution in [2.45, 2.75) is 19.9 Å². The maximum atomic E-state index is 13.0. The Bertz CT molecular complexity index is 440. The number of halogens is 2. The molecule has 0 heterocycles. The smallest absolute Gasteiger partial charge is 0.206 e. The molecule has 0 saturated carbocycles. The van der Waals surface area contributed by atoms with Gasteiger partial charge in [0.2, 0.25) is 5.96 Å². The lowest BCUT2D eigenvalue weighted by molar-refractivity contribution is 0.145. The van der Waals surface area contributed by atoms with E-state index in [-0.39, 0.29) is 6.54 Å². The van der Waals surface area contributed by atoms with Crippen molar-refractivity contribution in [2.75, 3.05) is 19.8 Å². The van der Waals surface area contributed by atoms with Crippen LogP contribution in [0.5, 0.6) is 0 Å². The van der Waals surface area contributed by atoms with Crippen molar-refractivity contribution in [1.82, 2.24) is 10.7 Å². The van der Waals surface area contributed by atoms with E-state index in [0.29, 0.717) is 31.3 Å². The van der Waals surface area contributed by atoms with Gasteiger partial charge in [0.1, 0.15) is 0 Å². The summed E-state index contributed by atoms with van der Waals surface area (Å²) in [4.78, 5) is 4.14. The first-order chi connectivity index (χ1) is 9.67. The first kappa shape index (κ1) is 16.3. The van der Waals surface area contributed by atoms with Crippen molar-refractivity contribution < 1.29 is 13.5 Å². The Hall–Kier alpha value is -1.73. The molecule has 0 aliphatic rings. The minimum absolute atomic E-state index is 0.204. The zero-order chi connectivity index (χ0) is 14.8. The molecular formula is C13H20F2N4O. The monoisotopic (exact) mass is 286 g/mol. The zero-order valence-electron chi connectivity index (χ0n) is 11.5. The van der Waals surface area contributed by atoms with Crippen LogP contribution < -0.4 is 16.6 Å². The lowest BCUT2D eigenvalue weighted by Crippen LogP contribution is -2.42. The van der Waals surface area contributed by atoms with Crippen LogP contribution in [0.2, 0.25) is 0 Å². The quantitative estimate of drug-likeness (QED) is 0.232. The Kier molecular flexibility index (Phi) is 7.52. The lowest BCUT2D eigenvalue weighted by Gasteiger charge is -2.09. The van der Waals surface area contributed by atoms with Gasteiger partial charge < -0.3 is 10.1 Å². The van der Waals surface area contributed by atoms with Crippen LogP contribution in [0, 0.1) is 11.6 Å². The van der Waals surface area contributed by atoms with E-state index in [4.69, 9.17) is 10.6 Å². The van der Waals surface area contributed by atoms with Crippen molar-refractivity contribution >= 4 is 5.96 Å². The summed E-state index contributed by atoms with van der Waals surface area (Å²) in [5.41, 5.74) is 2.98. The van der Waals surface area contributed by atoms with Crippen LogP contribution in [0.25, 0.3) is 0 Å². The van der Waals surface area contributed by atoms with Gasteiger partial charge in [-0.1, -0.05) is 6.07 Å². The Morgan fingerprint density at radius 2 is 2.15 bits per heavy atom. The Balaban J connectivity index is 2.42. The number of hydrazine groups is 1. The van der Waals surface area contributed by atoms with E-state index >= 15 is 0 Å². The summed E-state index contributed by atoms with van der Waals surface area (Å²) in [6, 6.07) is 3.67. The summed E-state index contributed by atoms with van der Waals surface area (Å²) < 4.78 is 31.0. The topological polar surface area (TPSA) is 71.7 Å². The van der Waals surface area contributed by atoms with E-state index in [0.717, 1.165) is 18.6 Å². The predicted molar refractivity (Wildman–Crippen MR) is 73.9 cm³/mol. The molecule has 0 bridgehead atoms. The van der Waals surface area contributed by atoms with E-state index < -0.39 is 11.6 Å². The molecule has 7 heteroatoms. The van der Waals surface area contributed by atoms with Gasteiger partial charge in [0.25, 0.3) is 0 Å². The van der Waals surface area contributed by atoms with Gasteiger partial charge in [-0.25, -0.2) is 19.6 Å². The first-order valence-electron chi connectivity index (χ1n) is 6.44. The number of nitrogens with one attached hydrogen (secondary N) is 2. The van der Waals surface area contributed by atoms with Crippen LogP contribution in [-0.4, -0.2) is 25.7 Å². The fourth-order valence-corrected chi connectivity index (χ4v) is 1.49. The van der Waals surface area contributed by atoms with Crippen molar-refractivity contribution in [3.05, 3.63) is 35.4 Å². The summed E-state index contributed by atoms with van der Waals surface area (Å²) in [5, 5.41) is 2.99. The van der Waals surface area contributed by atoms with Gasteiger partial charge in [0, 0.05) is 19.8 Å². The standard InChI is InChI=1S/C13H20F2N4O/c1-2-20-7-3-6-17-13(19-16)18-9-10-4-5-11(14)12(15)8-10/h4-5,8H,2-3,6-7,9,16H2,1H3,(H2,17,18,19). The van der Waals surface area contributed by atoms with Crippen LogP contribution in [0.4, 0.5) is 8.78 Å². The SMILES string of the molecule is CCOCCCNC(=NCc1ccc(F)c(F)c1)NN. The number of benzene rings is 1. The van der Waals surface area contributed by atoms with E-state index in [2.05, 4.69) is 15.7 Å². The number of ether oxygens (including phenoxy) is 1. The molecule has 0 saturated heterocycles. The number of aliphatic imine (C=N–C) groups is 1. The van der Waals surface area contributed by atoms with Gasteiger partial charge in [-0.15, -0.1) is 0 Å². The molecule has 112 valence electrons. The molecule has 20 heavy (non-hydrogen) atoms. The highest BCUT2D eigenvalue weighted by Gasteiger charge is 2.02. The summed E-state index contributed by atoms with van der Waals surface area (Å²) in [5.74, 6) is 3.96. The van der Waals surface area contributed by atoms with Gasteiger partial charge in [0.15, 0.2) is 11.6 Å². The molecule has 0 spiro atoms. The summed E-state index contributed by atoms with van der Waals surface area (Å²) in [7, 11) is 0. The molecule has 0 radical (unpaired) electrons. The number of hydrogen-bond donors (Lipinski definition) is 3. The molecule has 0 aliphatic heterocycles. The third-order valence-electron chi connectivity index (χ3n) is 2.50. The highest BCUT2D eigenvalue weighted by Crippen LogP contribution is 2.09. The Labute approximate surface area is 117 Å². The fraction of sp³-hybridized carbons (Fsp3) is 0.462. The maximum Gasteiger partial charge on any atom is 0.206 e. The van der Waals surface area contributed by atoms with Crippen LogP contribution in [0.1, 0.15) is 18.9 Å². The van der Waals surface area contributed by atoms with Crippen LogP contribution >= 0.6 is 0 Å². The van der Waals surface area contributed by atoms with Gasteiger partial charge in [-0.2, -0.15) is 0 Å². The highest BCUT2D eigenvalue weighted by atomic mass is 19.2. The fourth-order valence-electron chi connectivity index (χ4n) is 1.49. The average molecular weight is 286 g/mol. The molecule has 1 rings (SSSR count). The first-order valence-corrected chi connectivity index (χ1v) is 6.44. The molecule has 0 aliphatic carbocycles. The number of nitrogens with two attached hydrogens (primary N) is 1. The molecule has 1 aromatic carbocycles. The second-order valence-corrected chi connectivity index (χ2v) is 4.03. The van der Waals surface area contributed by atoms with Crippen molar-refractivity contribution in [2.24, 2.45) is 10.8 Å². The Morgan fingerprint density at radius 1 is 1.35 bits per heavy atom. The van der Waals surface area contributed by atoms with Gasteiger partial charge in [0.05, 0.1) is 6.54 Å². The maximum absolute atomic E-state index is 13.0. The van der Waals surface area contributed by atoms with Gasteiger partial charge >= 0.3 is 0 Å². The second-order valence-electron chi connectivity index (χ2n) is 4.03. The molecule has 4 N–H and O–H groups in total. The summed E-state index contributed by atoms with van der Waals surface area (Å²) in [6.07, 6.45) is 0.819. The summed E-state index contributed by atoms with van der Waals surface area (Å²) in [6.45, 7) is 4.14. The Morgan fingerprint density at radius 3 is 2.80 bits per heavy atom. The lowest BCUT2D eigenvalue weighted by atomic mass is 10.2. The van der Waals surface area contributed by atoms with Crippen LogP contribution in [0.3, 0.4) is 0 Å². The third-order valence-corrected chi connectivity index (χ3v) is 2.50. The van der Waals surface area contributed by atoms with Crippen molar-refractivity contribution in [3.63, 3.8) is 0 Å². The van der Waals surface area contributed by atoms with E-state index in [1.165, 1.54) is 6.07 Å². The predicted octanol–water partition coefficient (Wildman–Crippen LogP) is 1.30. The van der Waals surface area contributed by atoms with Crippen LogP contribution in [0.15, 0.2) is 23.2 Å². The minimum atomic E-state index is -0.885. The minimum Gasteiger partial charge on any atom is -0.382 e. The molecule has 0 fully saturated rings. The van der Waals surface area contributed by atoms with Gasteiger partial charge in [-0.3, -0.25) is 5.43 Å². The molecular weight excluding hydrogens is 266 g/mol. The molecule has 0 atom stereocenters. The zero-order valence-corrected chi connectivity index (χ0v) is 11.5. The summed E-state index contributed by atoms with van der Waals surface area (Å²) >= 11 is 0. The van der Waals surface area contributed by atoms with Crippen LogP contribution in [-0.2, 0) is 11.3 Å². The molecule has 0 unspecified atom stereocenters. The number of nitrogens with zero attached hydrogens (tertiary/aromatic N) is 1. The molecule has 0 amide bonds. The van der Waals surface area contributed by atoms with Crippen molar-refractivity contribution in [3.8, 4) is 0 Å². The normalized spacial score (nSPS) is 11.5. The number of rotatable bonds is 7. The van der Waals surface area contributed by atoms with E-state index in [1.807, 2.05) is 6.92 Å². The third kappa shape index (κ3) is 5.94. The largest absolute Gasteiger partial charge is 0.382 e. The molecule has 5 nitrogen and oxygen atoms in total. The van der Waals surface area contributed by atoms with E-state index in [9.17, 15) is 8.78 Å². The molecule has 0 aromatic heterocycles. The van der Waals surface area contributed by atoms with Gasteiger partial charge in [-0.05, 0) is 31.0 Å². The number of hydrogen-bond acceptors (Lipinski definition) is 3. The average Bonchev–Trinajstić information content (AvgIpc) is 2.45. The molecule has 1 aromatic rings.